The summed E-state index contributed by atoms with van der Waals surface area (Å²) >= 11 is 5.61. The minimum Gasteiger partial charge on any atom is -0.427 e. The van der Waals surface area contributed by atoms with E-state index >= 15 is 0 Å². The zero-order chi connectivity index (χ0) is 9.14. The third-order valence-corrected chi connectivity index (χ3v) is 1.80. The van der Waals surface area contributed by atoms with Gasteiger partial charge in [-0.25, -0.2) is 4.39 Å². The molecule has 0 amide bonds. The monoisotopic (exact) mass is 188 g/mol. The Hall–Kier alpha value is -0.575. The average molecular weight is 188 g/mol. The summed E-state index contributed by atoms with van der Waals surface area (Å²) in [5.41, 5.74) is 0.133. The summed E-state index contributed by atoms with van der Waals surface area (Å²) in [4.78, 5) is 0. The number of hydrogen-bond donors (Lipinski definition) is 2. The second-order valence-corrected chi connectivity index (χ2v) is 2.79. The van der Waals surface area contributed by atoms with Crippen LogP contribution in [0.3, 0.4) is 0 Å². The fourth-order valence-electron chi connectivity index (χ4n) is 0.910. The molecule has 0 aliphatic rings. The number of halogens is 2. The van der Waals surface area contributed by atoms with Gasteiger partial charge in [0.05, 0.1) is 0 Å². The van der Waals surface area contributed by atoms with Crippen molar-refractivity contribution in [1.29, 1.82) is 0 Å². The first-order valence-corrected chi connectivity index (χ1v) is 3.78. The molecule has 5 heteroatoms. The predicted octanol–water partition coefficient (Wildman–Crippen LogP) is 1.03. The molecule has 0 heterocycles. The molecule has 0 spiro atoms. The van der Waals surface area contributed by atoms with Crippen LogP contribution in [0.2, 0.25) is 5.02 Å². The molecule has 0 aromatic heterocycles. The lowest BCUT2D eigenvalue weighted by Crippen LogP contribution is -2.16. The number of benzene rings is 1. The molecule has 0 saturated carbocycles. The molecule has 0 aliphatic heterocycles. The largest absolute Gasteiger partial charge is 0.456 e. The van der Waals surface area contributed by atoms with E-state index in [1.807, 2.05) is 0 Å². The van der Waals surface area contributed by atoms with Crippen molar-refractivity contribution in [2.24, 2.45) is 0 Å². The van der Waals surface area contributed by atoms with Crippen molar-refractivity contribution in [3.63, 3.8) is 0 Å². The second-order valence-electron chi connectivity index (χ2n) is 2.38. The molecule has 12 heavy (non-hydrogen) atoms. The van der Waals surface area contributed by atoms with Gasteiger partial charge in [0, 0.05) is 16.9 Å². The normalized spacial score (nSPS) is 10.0. The van der Waals surface area contributed by atoms with Crippen molar-refractivity contribution in [2.45, 2.75) is 6.32 Å². The Balaban J connectivity index is 2.96. The lowest BCUT2D eigenvalue weighted by Gasteiger charge is -2.03. The van der Waals surface area contributed by atoms with E-state index in [-0.39, 0.29) is 16.9 Å². The van der Waals surface area contributed by atoms with Crippen LogP contribution in [0.5, 0.6) is 0 Å². The summed E-state index contributed by atoms with van der Waals surface area (Å²) in [5, 5.41) is 17.4. The van der Waals surface area contributed by atoms with E-state index in [1.165, 1.54) is 18.2 Å². The maximum atomic E-state index is 12.9. The Morgan fingerprint density at radius 2 is 2.08 bits per heavy atom. The van der Waals surface area contributed by atoms with Crippen molar-refractivity contribution < 1.29 is 14.4 Å². The highest BCUT2D eigenvalue weighted by molar-refractivity contribution is 6.41. The van der Waals surface area contributed by atoms with Gasteiger partial charge in [-0.2, -0.15) is 0 Å². The van der Waals surface area contributed by atoms with E-state index in [1.54, 1.807) is 0 Å². The van der Waals surface area contributed by atoms with Gasteiger partial charge in [-0.05, 0) is 12.1 Å². The lowest BCUT2D eigenvalue weighted by molar-refractivity contribution is 0.403. The molecular formula is C7H7BClFO2. The molecule has 0 unspecified atom stereocenters. The minimum atomic E-state index is -1.57. The van der Waals surface area contributed by atoms with Gasteiger partial charge in [-0.1, -0.05) is 17.7 Å². The quantitative estimate of drug-likeness (QED) is 0.681. The summed E-state index contributed by atoms with van der Waals surface area (Å²) in [7, 11) is -1.57. The third-order valence-electron chi connectivity index (χ3n) is 1.45. The van der Waals surface area contributed by atoms with E-state index in [0.29, 0.717) is 0 Å². The summed E-state index contributed by atoms with van der Waals surface area (Å²) < 4.78 is 12.9. The molecule has 64 valence electrons. The number of hydrogen-bond acceptors (Lipinski definition) is 2. The van der Waals surface area contributed by atoms with Gasteiger partial charge >= 0.3 is 7.12 Å². The maximum absolute atomic E-state index is 12.9. The van der Waals surface area contributed by atoms with Gasteiger partial charge < -0.3 is 10.0 Å². The SMILES string of the molecule is OB(O)Cc1c(F)cccc1Cl. The van der Waals surface area contributed by atoms with Crippen LogP contribution in [-0.2, 0) is 6.32 Å². The zero-order valence-electron chi connectivity index (χ0n) is 6.17. The highest BCUT2D eigenvalue weighted by atomic mass is 35.5. The minimum absolute atomic E-state index is 0.133. The van der Waals surface area contributed by atoms with Crippen LogP contribution in [0, 0.1) is 5.82 Å². The molecule has 2 N–H and O–H groups in total. The molecule has 1 rings (SSSR count). The molecule has 0 atom stereocenters. The molecule has 0 saturated heterocycles. The van der Waals surface area contributed by atoms with E-state index in [0.717, 1.165) is 0 Å². The fraction of sp³-hybridized carbons (Fsp3) is 0.143. The maximum Gasteiger partial charge on any atom is 0.456 e. The van der Waals surface area contributed by atoms with Gasteiger partial charge in [0.15, 0.2) is 0 Å². The Kier molecular flexibility index (Phi) is 3.09. The molecule has 2 nitrogen and oxygen atoms in total. The van der Waals surface area contributed by atoms with Crippen molar-refractivity contribution in [1.82, 2.24) is 0 Å². The van der Waals surface area contributed by atoms with Crippen LogP contribution in [-0.4, -0.2) is 17.2 Å². The van der Waals surface area contributed by atoms with Crippen LogP contribution in [0.4, 0.5) is 4.39 Å². The molecule has 0 bridgehead atoms. The Bertz CT molecular complexity index is 260. The number of rotatable bonds is 2. The molecule has 0 fully saturated rings. The van der Waals surface area contributed by atoms with Gasteiger partial charge in [0.25, 0.3) is 0 Å². The van der Waals surface area contributed by atoms with E-state index in [9.17, 15) is 4.39 Å². The van der Waals surface area contributed by atoms with Crippen LogP contribution < -0.4 is 0 Å². The van der Waals surface area contributed by atoms with E-state index in [4.69, 9.17) is 21.6 Å². The molecule has 0 radical (unpaired) electrons. The highest BCUT2D eigenvalue weighted by Crippen LogP contribution is 2.19. The Morgan fingerprint density at radius 3 is 2.58 bits per heavy atom. The average Bonchev–Trinajstić information content (AvgIpc) is 1.97. The molecule has 1 aromatic carbocycles. The zero-order valence-corrected chi connectivity index (χ0v) is 6.92. The summed E-state index contributed by atoms with van der Waals surface area (Å²) in [6.45, 7) is 0. The van der Waals surface area contributed by atoms with Gasteiger partial charge in [0.2, 0.25) is 0 Å². The Labute approximate surface area is 74.7 Å². The van der Waals surface area contributed by atoms with Crippen LogP contribution >= 0.6 is 11.6 Å². The molecular weight excluding hydrogens is 181 g/mol. The van der Waals surface area contributed by atoms with Crippen molar-refractivity contribution in [2.75, 3.05) is 0 Å². The van der Waals surface area contributed by atoms with Crippen LogP contribution in [0.15, 0.2) is 18.2 Å². The first-order valence-electron chi connectivity index (χ1n) is 3.40. The van der Waals surface area contributed by atoms with Crippen LogP contribution in [0.1, 0.15) is 5.56 Å². The predicted molar refractivity (Wildman–Crippen MR) is 45.3 cm³/mol. The smallest absolute Gasteiger partial charge is 0.427 e. The molecule has 1 aromatic rings. The van der Waals surface area contributed by atoms with Crippen molar-refractivity contribution >= 4 is 18.7 Å². The van der Waals surface area contributed by atoms with Gasteiger partial charge in [0.1, 0.15) is 5.82 Å². The van der Waals surface area contributed by atoms with Gasteiger partial charge in [-0.3, -0.25) is 0 Å². The van der Waals surface area contributed by atoms with E-state index in [2.05, 4.69) is 0 Å². The molecule has 0 aliphatic carbocycles. The summed E-state index contributed by atoms with van der Waals surface area (Å²) in [5.74, 6) is -0.518. The summed E-state index contributed by atoms with van der Waals surface area (Å²) in [6, 6.07) is 4.19. The van der Waals surface area contributed by atoms with Crippen molar-refractivity contribution in [3.8, 4) is 0 Å². The van der Waals surface area contributed by atoms with E-state index < -0.39 is 12.9 Å². The summed E-state index contributed by atoms with van der Waals surface area (Å²) in [6.07, 6.45) is -0.189. The van der Waals surface area contributed by atoms with Crippen molar-refractivity contribution in [3.05, 3.63) is 34.6 Å². The standard InChI is InChI=1S/C7H7BClFO2/c9-6-2-1-3-7(10)5(6)4-8(11)12/h1-3,11-12H,4H2. The highest BCUT2D eigenvalue weighted by Gasteiger charge is 2.14. The van der Waals surface area contributed by atoms with Crippen LogP contribution in [0.25, 0.3) is 0 Å². The second kappa shape index (κ2) is 3.89. The lowest BCUT2D eigenvalue weighted by atomic mass is 9.82. The first-order chi connectivity index (χ1) is 5.61. The topological polar surface area (TPSA) is 40.5 Å². The van der Waals surface area contributed by atoms with Gasteiger partial charge in [-0.15, -0.1) is 0 Å². The fourth-order valence-corrected chi connectivity index (χ4v) is 1.15. The first kappa shape index (κ1) is 9.51. The third kappa shape index (κ3) is 2.20. The Morgan fingerprint density at radius 1 is 1.42 bits per heavy atom.